The van der Waals surface area contributed by atoms with Crippen LogP contribution in [0.4, 0.5) is 0 Å². The lowest BCUT2D eigenvalue weighted by Gasteiger charge is -2.24. The average Bonchev–Trinajstić information content (AvgIpc) is 2.18. The van der Waals surface area contributed by atoms with Crippen LogP contribution in [0.5, 0.6) is 0 Å². The molecule has 1 aliphatic rings. The third kappa shape index (κ3) is 5.99. The van der Waals surface area contributed by atoms with Gasteiger partial charge in [-0.3, -0.25) is 0 Å². The highest BCUT2D eigenvalue weighted by molar-refractivity contribution is 4.93. The van der Waals surface area contributed by atoms with Crippen LogP contribution in [0.2, 0.25) is 0 Å². The third-order valence-corrected chi connectivity index (χ3v) is 3.21. The summed E-state index contributed by atoms with van der Waals surface area (Å²) >= 11 is 0. The van der Waals surface area contributed by atoms with E-state index < -0.39 is 0 Å². The number of allylic oxidation sites excluding steroid dienone is 1. The Morgan fingerprint density at radius 2 is 2.00 bits per heavy atom. The molecule has 0 fully saturated rings. The standard InChI is InChI=1S/C14H27N/c1-12(2)8-7-9-13(3)15-14-10-5-4-6-11-14/h4-5,12-15H,6-11H2,1-3H3. The fraction of sp³-hybridized carbons (Fsp3) is 0.857. The first-order valence-electron chi connectivity index (χ1n) is 6.59. The minimum atomic E-state index is 0.695. The van der Waals surface area contributed by atoms with E-state index in [-0.39, 0.29) is 0 Å². The van der Waals surface area contributed by atoms with Crippen LogP contribution in [-0.4, -0.2) is 12.1 Å². The van der Waals surface area contributed by atoms with Crippen molar-refractivity contribution in [2.45, 2.75) is 71.4 Å². The zero-order valence-electron chi connectivity index (χ0n) is 10.6. The molecule has 0 aromatic rings. The Kier molecular flexibility index (Phi) is 6.00. The molecule has 0 amide bonds. The fourth-order valence-corrected chi connectivity index (χ4v) is 2.26. The number of rotatable bonds is 6. The molecule has 0 aliphatic heterocycles. The second kappa shape index (κ2) is 7.05. The van der Waals surface area contributed by atoms with E-state index >= 15 is 0 Å². The van der Waals surface area contributed by atoms with E-state index in [2.05, 4.69) is 38.2 Å². The smallest absolute Gasteiger partial charge is 0.0107 e. The largest absolute Gasteiger partial charge is 0.311 e. The predicted molar refractivity (Wildman–Crippen MR) is 68.1 cm³/mol. The fourth-order valence-electron chi connectivity index (χ4n) is 2.26. The van der Waals surface area contributed by atoms with Crippen molar-refractivity contribution in [1.82, 2.24) is 5.32 Å². The minimum absolute atomic E-state index is 0.695. The summed E-state index contributed by atoms with van der Waals surface area (Å²) in [6.45, 7) is 6.95. The molecule has 0 saturated carbocycles. The van der Waals surface area contributed by atoms with Gasteiger partial charge in [0.05, 0.1) is 0 Å². The molecule has 0 radical (unpaired) electrons. The maximum absolute atomic E-state index is 3.74. The van der Waals surface area contributed by atoms with Crippen molar-refractivity contribution in [3.63, 3.8) is 0 Å². The van der Waals surface area contributed by atoms with Crippen LogP contribution >= 0.6 is 0 Å². The third-order valence-electron chi connectivity index (χ3n) is 3.21. The van der Waals surface area contributed by atoms with Crippen LogP contribution in [0, 0.1) is 5.92 Å². The van der Waals surface area contributed by atoms with Gasteiger partial charge in [0.2, 0.25) is 0 Å². The summed E-state index contributed by atoms with van der Waals surface area (Å²) in [6, 6.07) is 1.43. The van der Waals surface area contributed by atoms with E-state index in [1.54, 1.807) is 0 Å². The molecule has 1 aliphatic carbocycles. The predicted octanol–water partition coefficient (Wildman–Crippen LogP) is 3.90. The molecule has 2 atom stereocenters. The maximum Gasteiger partial charge on any atom is 0.0107 e. The van der Waals surface area contributed by atoms with E-state index in [9.17, 15) is 0 Å². The van der Waals surface area contributed by atoms with Crippen molar-refractivity contribution in [3.8, 4) is 0 Å². The van der Waals surface area contributed by atoms with Gasteiger partial charge in [-0.15, -0.1) is 0 Å². The van der Waals surface area contributed by atoms with E-state index in [1.807, 2.05) is 0 Å². The number of hydrogen-bond donors (Lipinski definition) is 1. The Morgan fingerprint density at radius 3 is 2.60 bits per heavy atom. The molecule has 1 rings (SSSR count). The first kappa shape index (κ1) is 12.8. The maximum atomic E-state index is 3.74. The van der Waals surface area contributed by atoms with Crippen LogP contribution in [0.1, 0.15) is 59.3 Å². The summed E-state index contributed by atoms with van der Waals surface area (Å²) < 4.78 is 0. The number of hydrogen-bond acceptors (Lipinski definition) is 1. The Balaban J connectivity index is 2.07. The minimum Gasteiger partial charge on any atom is -0.311 e. The zero-order valence-corrected chi connectivity index (χ0v) is 10.6. The molecule has 1 heteroatoms. The molecule has 0 aromatic heterocycles. The summed E-state index contributed by atoms with van der Waals surface area (Å²) in [6.07, 6.45) is 12.5. The summed E-state index contributed by atoms with van der Waals surface area (Å²) in [4.78, 5) is 0. The highest BCUT2D eigenvalue weighted by Crippen LogP contribution is 2.13. The molecule has 0 bridgehead atoms. The topological polar surface area (TPSA) is 12.0 Å². The highest BCUT2D eigenvalue weighted by atomic mass is 14.9. The van der Waals surface area contributed by atoms with Gasteiger partial charge in [-0.25, -0.2) is 0 Å². The molecule has 88 valence electrons. The van der Waals surface area contributed by atoms with Gasteiger partial charge in [0.15, 0.2) is 0 Å². The molecule has 0 heterocycles. The molecular formula is C14H27N. The summed E-state index contributed by atoms with van der Waals surface area (Å²) in [5.74, 6) is 0.856. The van der Waals surface area contributed by atoms with E-state index in [4.69, 9.17) is 0 Å². The molecule has 0 aromatic carbocycles. The first-order valence-corrected chi connectivity index (χ1v) is 6.59. The van der Waals surface area contributed by atoms with Crippen molar-refractivity contribution in [3.05, 3.63) is 12.2 Å². The Labute approximate surface area is 95.3 Å². The summed E-state index contributed by atoms with van der Waals surface area (Å²) in [7, 11) is 0. The van der Waals surface area contributed by atoms with Gasteiger partial charge < -0.3 is 5.32 Å². The quantitative estimate of drug-likeness (QED) is 0.654. The normalized spacial score (nSPS) is 23.3. The van der Waals surface area contributed by atoms with Crippen LogP contribution in [-0.2, 0) is 0 Å². The SMILES string of the molecule is CC(C)CCCC(C)NC1CC=CCC1. The van der Waals surface area contributed by atoms with Crippen LogP contribution in [0.15, 0.2) is 12.2 Å². The highest BCUT2D eigenvalue weighted by Gasteiger charge is 2.12. The van der Waals surface area contributed by atoms with Crippen LogP contribution < -0.4 is 5.32 Å². The Morgan fingerprint density at radius 1 is 1.20 bits per heavy atom. The van der Waals surface area contributed by atoms with Gasteiger partial charge in [0, 0.05) is 12.1 Å². The van der Waals surface area contributed by atoms with Crippen molar-refractivity contribution in [2.24, 2.45) is 5.92 Å². The van der Waals surface area contributed by atoms with Crippen molar-refractivity contribution >= 4 is 0 Å². The zero-order chi connectivity index (χ0) is 11.1. The van der Waals surface area contributed by atoms with Gasteiger partial charge in [0.25, 0.3) is 0 Å². The van der Waals surface area contributed by atoms with Gasteiger partial charge in [-0.1, -0.05) is 38.8 Å². The summed E-state index contributed by atoms with van der Waals surface area (Å²) in [5.41, 5.74) is 0. The molecule has 2 unspecified atom stereocenters. The second-order valence-corrected chi connectivity index (χ2v) is 5.37. The summed E-state index contributed by atoms with van der Waals surface area (Å²) in [5, 5.41) is 3.74. The first-order chi connectivity index (χ1) is 7.18. The number of nitrogens with one attached hydrogen (secondary N) is 1. The Hall–Kier alpha value is -0.300. The van der Waals surface area contributed by atoms with E-state index in [0.717, 1.165) is 12.0 Å². The van der Waals surface area contributed by atoms with Crippen LogP contribution in [0.25, 0.3) is 0 Å². The van der Waals surface area contributed by atoms with Gasteiger partial charge >= 0.3 is 0 Å². The van der Waals surface area contributed by atoms with Crippen molar-refractivity contribution < 1.29 is 0 Å². The molecular weight excluding hydrogens is 182 g/mol. The van der Waals surface area contributed by atoms with Gasteiger partial charge in [0.1, 0.15) is 0 Å². The lowest BCUT2D eigenvalue weighted by molar-refractivity contribution is 0.387. The lowest BCUT2D eigenvalue weighted by Crippen LogP contribution is -2.36. The monoisotopic (exact) mass is 209 g/mol. The van der Waals surface area contributed by atoms with Crippen molar-refractivity contribution in [1.29, 1.82) is 0 Å². The van der Waals surface area contributed by atoms with E-state index in [0.29, 0.717) is 6.04 Å². The van der Waals surface area contributed by atoms with Crippen molar-refractivity contribution in [2.75, 3.05) is 0 Å². The molecule has 15 heavy (non-hydrogen) atoms. The Bertz CT molecular complexity index is 184. The molecule has 0 saturated heterocycles. The van der Waals surface area contributed by atoms with Gasteiger partial charge in [-0.05, 0) is 38.5 Å². The van der Waals surface area contributed by atoms with Crippen LogP contribution in [0.3, 0.4) is 0 Å². The van der Waals surface area contributed by atoms with E-state index in [1.165, 1.54) is 38.5 Å². The lowest BCUT2D eigenvalue weighted by atomic mass is 9.99. The molecule has 1 nitrogen and oxygen atoms in total. The average molecular weight is 209 g/mol. The van der Waals surface area contributed by atoms with Gasteiger partial charge in [-0.2, -0.15) is 0 Å². The molecule has 1 N–H and O–H groups in total. The second-order valence-electron chi connectivity index (χ2n) is 5.37. The molecule has 0 spiro atoms.